The normalized spacial score (nSPS) is 10.9. The summed E-state index contributed by atoms with van der Waals surface area (Å²) in [4.78, 5) is 21.0. The van der Waals surface area contributed by atoms with Gasteiger partial charge in [0, 0.05) is 5.38 Å². The Kier molecular flexibility index (Phi) is 3.79. The Morgan fingerprint density at radius 2 is 1.83 bits per heavy atom. The number of halogens is 1. The molecule has 2 aromatic heterocycles. The molecule has 0 radical (unpaired) electrons. The van der Waals surface area contributed by atoms with Crippen LogP contribution >= 0.6 is 22.7 Å². The molecule has 1 amide bonds. The fourth-order valence-electron chi connectivity index (χ4n) is 2.22. The highest BCUT2D eigenvalue weighted by Gasteiger charge is 2.14. The first-order valence-corrected chi connectivity index (χ1v) is 8.78. The first-order valence-electron chi connectivity index (χ1n) is 7.08. The number of thiazole rings is 2. The van der Waals surface area contributed by atoms with Crippen LogP contribution in [0, 0.1) is 5.82 Å². The first kappa shape index (κ1) is 14.9. The summed E-state index contributed by atoms with van der Waals surface area (Å²) >= 11 is 2.83. The molecule has 0 saturated carbocycles. The van der Waals surface area contributed by atoms with Crippen molar-refractivity contribution in [1.82, 2.24) is 9.97 Å². The monoisotopic (exact) mass is 355 g/mol. The summed E-state index contributed by atoms with van der Waals surface area (Å²) in [6.07, 6.45) is 0. The minimum Gasteiger partial charge on any atom is -0.298 e. The van der Waals surface area contributed by atoms with E-state index in [4.69, 9.17) is 0 Å². The van der Waals surface area contributed by atoms with E-state index >= 15 is 0 Å². The highest BCUT2D eigenvalue weighted by atomic mass is 32.1. The summed E-state index contributed by atoms with van der Waals surface area (Å²) < 4.78 is 14.7. The van der Waals surface area contributed by atoms with E-state index in [1.165, 1.54) is 23.5 Å². The summed E-state index contributed by atoms with van der Waals surface area (Å²) in [5.74, 6) is -1.07. The van der Waals surface area contributed by atoms with E-state index in [0.717, 1.165) is 15.2 Å². The SMILES string of the molecule is O=C(Nc1nc(-c2nc3ccccc3s2)cs1)c1ccccc1F. The van der Waals surface area contributed by atoms with E-state index in [1.54, 1.807) is 23.5 Å². The summed E-state index contributed by atoms with van der Waals surface area (Å²) in [6, 6.07) is 13.7. The summed E-state index contributed by atoms with van der Waals surface area (Å²) in [6.45, 7) is 0. The number of hydrogen-bond acceptors (Lipinski definition) is 5. The predicted molar refractivity (Wildman–Crippen MR) is 95.1 cm³/mol. The van der Waals surface area contributed by atoms with Crippen LogP contribution in [0.5, 0.6) is 0 Å². The molecule has 0 aliphatic carbocycles. The van der Waals surface area contributed by atoms with Crippen LogP contribution in [0.4, 0.5) is 9.52 Å². The van der Waals surface area contributed by atoms with E-state index < -0.39 is 11.7 Å². The van der Waals surface area contributed by atoms with Gasteiger partial charge in [-0.1, -0.05) is 24.3 Å². The Bertz CT molecular complexity index is 1010. The number of benzene rings is 2. The number of hydrogen-bond donors (Lipinski definition) is 1. The topological polar surface area (TPSA) is 54.9 Å². The van der Waals surface area contributed by atoms with Crippen molar-refractivity contribution < 1.29 is 9.18 Å². The van der Waals surface area contributed by atoms with Gasteiger partial charge in [0.25, 0.3) is 5.91 Å². The van der Waals surface area contributed by atoms with Crippen LogP contribution in [0.15, 0.2) is 53.9 Å². The highest BCUT2D eigenvalue weighted by Crippen LogP contribution is 2.32. The van der Waals surface area contributed by atoms with Crippen molar-refractivity contribution in [2.45, 2.75) is 0 Å². The molecule has 24 heavy (non-hydrogen) atoms. The third-order valence-electron chi connectivity index (χ3n) is 3.36. The molecule has 4 aromatic rings. The molecule has 2 heterocycles. The second-order valence-corrected chi connectivity index (χ2v) is 6.85. The molecule has 0 bridgehead atoms. The second-order valence-electron chi connectivity index (χ2n) is 4.96. The fourth-order valence-corrected chi connectivity index (χ4v) is 3.91. The van der Waals surface area contributed by atoms with Crippen molar-refractivity contribution in [3.63, 3.8) is 0 Å². The van der Waals surface area contributed by atoms with Crippen LogP contribution in [0.2, 0.25) is 0 Å². The number of carbonyl (C=O) groups excluding carboxylic acids is 1. The lowest BCUT2D eigenvalue weighted by atomic mass is 10.2. The van der Waals surface area contributed by atoms with Gasteiger partial charge in [-0.15, -0.1) is 22.7 Å². The summed E-state index contributed by atoms with van der Waals surface area (Å²) in [5, 5.41) is 5.66. The zero-order valence-electron chi connectivity index (χ0n) is 12.2. The maximum absolute atomic E-state index is 13.6. The number of nitrogens with zero attached hydrogens (tertiary/aromatic N) is 2. The fraction of sp³-hybridized carbons (Fsp3) is 0. The lowest BCUT2D eigenvalue weighted by Gasteiger charge is -2.02. The van der Waals surface area contributed by atoms with Gasteiger partial charge >= 0.3 is 0 Å². The molecular weight excluding hydrogens is 345 g/mol. The van der Waals surface area contributed by atoms with Crippen molar-refractivity contribution in [2.75, 3.05) is 5.32 Å². The van der Waals surface area contributed by atoms with Crippen LogP contribution in [0.3, 0.4) is 0 Å². The number of carbonyl (C=O) groups is 1. The van der Waals surface area contributed by atoms with Crippen molar-refractivity contribution in [1.29, 1.82) is 0 Å². The van der Waals surface area contributed by atoms with Crippen LogP contribution in [-0.2, 0) is 0 Å². The van der Waals surface area contributed by atoms with E-state index in [2.05, 4.69) is 15.3 Å². The lowest BCUT2D eigenvalue weighted by Crippen LogP contribution is -2.13. The van der Waals surface area contributed by atoms with E-state index in [-0.39, 0.29) is 5.56 Å². The number of rotatable bonds is 3. The minimum absolute atomic E-state index is 0.00534. The Labute approximate surface area is 144 Å². The van der Waals surface area contributed by atoms with Crippen molar-refractivity contribution in [2.24, 2.45) is 0 Å². The average molecular weight is 355 g/mol. The van der Waals surface area contributed by atoms with Gasteiger partial charge in [0.1, 0.15) is 16.5 Å². The van der Waals surface area contributed by atoms with Gasteiger partial charge in [-0.3, -0.25) is 10.1 Å². The molecule has 0 saturated heterocycles. The van der Waals surface area contributed by atoms with E-state index in [0.29, 0.717) is 10.8 Å². The van der Waals surface area contributed by atoms with Gasteiger partial charge in [-0.05, 0) is 24.3 Å². The molecule has 0 spiro atoms. The van der Waals surface area contributed by atoms with Crippen LogP contribution in [-0.4, -0.2) is 15.9 Å². The van der Waals surface area contributed by atoms with Crippen LogP contribution in [0.1, 0.15) is 10.4 Å². The van der Waals surface area contributed by atoms with E-state index in [1.807, 2.05) is 29.6 Å². The molecule has 0 atom stereocenters. The number of nitrogens with one attached hydrogen (secondary N) is 1. The van der Waals surface area contributed by atoms with Gasteiger partial charge in [0.15, 0.2) is 5.13 Å². The summed E-state index contributed by atoms with van der Waals surface area (Å²) in [7, 11) is 0. The lowest BCUT2D eigenvalue weighted by molar-refractivity contribution is 0.102. The summed E-state index contributed by atoms with van der Waals surface area (Å²) in [5.41, 5.74) is 1.61. The molecule has 0 aliphatic rings. The van der Waals surface area contributed by atoms with Gasteiger partial charge < -0.3 is 0 Å². The van der Waals surface area contributed by atoms with Crippen molar-refractivity contribution in [3.8, 4) is 10.7 Å². The molecule has 0 unspecified atom stereocenters. The minimum atomic E-state index is -0.557. The first-order chi connectivity index (χ1) is 11.7. The van der Waals surface area contributed by atoms with Gasteiger partial charge in [-0.25, -0.2) is 14.4 Å². The molecule has 0 fully saturated rings. The third kappa shape index (κ3) is 2.79. The van der Waals surface area contributed by atoms with Gasteiger partial charge in [-0.2, -0.15) is 0 Å². The Morgan fingerprint density at radius 1 is 1.04 bits per heavy atom. The van der Waals surface area contributed by atoms with Gasteiger partial charge in [0.2, 0.25) is 0 Å². The number of para-hydroxylation sites is 1. The smallest absolute Gasteiger partial charge is 0.260 e. The van der Waals surface area contributed by atoms with E-state index in [9.17, 15) is 9.18 Å². The zero-order valence-corrected chi connectivity index (χ0v) is 13.8. The third-order valence-corrected chi connectivity index (χ3v) is 5.17. The molecular formula is C17H10FN3OS2. The largest absolute Gasteiger partial charge is 0.298 e. The van der Waals surface area contributed by atoms with Crippen molar-refractivity contribution >= 4 is 43.9 Å². The second kappa shape index (κ2) is 6.10. The standard InChI is InChI=1S/C17H10FN3OS2/c18-11-6-2-1-5-10(11)15(22)21-17-20-13(9-23-17)16-19-12-7-3-4-8-14(12)24-16/h1-9H,(H,20,21,22). The Morgan fingerprint density at radius 3 is 2.67 bits per heavy atom. The maximum Gasteiger partial charge on any atom is 0.260 e. The zero-order chi connectivity index (χ0) is 16.5. The Balaban J connectivity index is 1.58. The molecule has 118 valence electrons. The molecule has 4 nitrogen and oxygen atoms in total. The number of amides is 1. The highest BCUT2D eigenvalue weighted by molar-refractivity contribution is 7.22. The quantitative estimate of drug-likeness (QED) is 0.574. The van der Waals surface area contributed by atoms with Gasteiger partial charge in [0.05, 0.1) is 15.8 Å². The van der Waals surface area contributed by atoms with Crippen LogP contribution in [0.25, 0.3) is 20.9 Å². The Hall–Kier alpha value is -2.64. The molecule has 1 N–H and O–H groups in total. The number of fused-ring (bicyclic) bond motifs is 1. The predicted octanol–water partition coefficient (Wildman–Crippen LogP) is 4.81. The average Bonchev–Trinajstić information content (AvgIpc) is 3.21. The number of aromatic nitrogens is 2. The maximum atomic E-state index is 13.6. The molecule has 2 aromatic carbocycles. The molecule has 0 aliphatic heterocycles. The molecule has 7 heteroatoms. The van der Waals surface area contributed by atoms with Crippen molar-refractivity contribution in [3.05, 3.63) is 65.3 Å². The molecule has 4 rings (SSSR count). The van der Waals surface area contributed by atoms with Crippen LogP contribution < -0.4 is 5.32 Å². The number of anilines is 1.